The highest BCUT2D eigenvalue weighted by Gasteiger charge is 2.45. The predicted octanol–water partition coefficient (Wildman–Crippen LogP) is 5.40. The van der Waals surface area contributed by atoms with Crippen LogP contribution in [0.2, 0.25) is 15.1 Å². The van der Waals surface area contributed by atoms with E-state index in [1.807, 2.05) is 53.4 Å². The molecule has 2 N–H and O–H groups in total. The number of anilines is 1. The molecule has 1 spiro atoms. The molecule has 214 valence electrons. The highest BCUT2D eigenvalue weighted by atomic mass is 35.5. The van der Waals surface area contributed by atoms with Crippen molar-refractivity contribution >= 4 is 52.3 Å². The maximum absolute atomic E-state index is 14.0. The standard InChI is InChI=1S/C32H33Cl3N4O2/c1-38-19-32(26-17-25(35)8-9-29(26)38)10-12-39(13-11-32)31(41)28(14-20-2-5-23(33)6-3-20)37-30(40)27-16-22-15-24(34)7-4-21(22)18-36-27/h2-9,15,17,27-28,36H,10-14,16,18-19H2,1H3,(H,37,40)/t27-,28+/m0/s1. The second kappa shape index (κ2) is 11.5. The third-order valence-electron chi connectivity index (χ3n) is 8.93. The zero-order valence-electron chi connectivity index (χ0n) is 22.9. The molecule has 3 heterocycles. The van der Waals surface area contributed by atoms with Crippen molar-refractivity contribution in [3.63, 3.8) is 0 Å². The number of likely N-dealkylation sites (N-methyl/N-ethyl adjacent to an activating group) is 1. The molecule has 0 radical (unpaired) electrons. The van der Waals surface area contributed by atoms with E-state index in [4.69, 9.17) is 34.8 Å². The molecule has 1 saturated heterocycles. The van der Waals surface area contributed by atoms with Gasteiger partial charge in [-0.15, -0.1) is 0 Å². The SMILES string of the molecule is CN1CC2(CCN(C(=O)[C@@H](Cc3ccc(Cl)cc3)NC(=O)[C@@H]3Cc4cc(Cl)ccc4CN3)CC2)c2cc(Cl)ccc21. The lowest BCUT2D eigenvalue weighted by Gasteiger charge is -2.41. The average Bonchev–Trinajstić information content (AvgIpc) is 3.23. The lowest BCUT2D eigenvalue weighted by Crippen LogP contribution is -2.57. The Labute approximate surface area is 255 Å². The fourth-order valence-corrected chi connectivity index (χ4v) is 7.18. The van der Waals surface area contributed by atoms with Crippen molar-refractivity contribution in [2.75, 3.05) is 31.6 Å². The lowest BCUT2D eigenvalue weighted by atomic mass is 9.74. The van der Waals surface area contributed by atoms with Crippen LogP contribution < -0.4 is 15.5 Å². The van der Waals surface area contributed by atoms with Crippen molar-refractivity contribution in [3.05, 3.63) is 98.0 Å². The average molecular weight is 612 g/mol. The molecule has 41 heavy (non-hydrogen) atoms. The molecule has 2 atom stereocenters. The third-order valence-corrected chi connectivity index (χ3v) is 9.65. The minimum absolute atomic E-state index is 0.0264. The van der Waals surface area contributed by atoms with Crippen molar-refractivity contribution in [1.82, 2.24) is 15.5 Å². The number of amides is 2. The molecule has 0 saturated carbocycles. The number of carbonyl (C=O) groups is 2. The van der Waals surface area contributed by atoms with Gasteiger partial charge in [0, 0.05) is 65.8 Å². The summed E-state index contributed by atoms with van der Waals surface area (Å²) in [7, 11) is 2.11. The van der Waals surface area contributed by atoms with Gasteiger partial charge in [-0.1, -0.05) is 53.0 Å². The summed E-state index contributed by atoms with van der Waals surface area (Å²) in [6.07, 6.45) is 2.60. The second-order valence-electron chi connectivity index (χ2n) is 11.6. The van der Waals surface area contributed by atoms with E-state index in [9.17, 15) is 9.59 Å². The number of hydrogen-bond donors (Lipinski definition) is 2. The largest absolute Gasteiger partial charge is 0.373 e. The topological polar surface area (TPSA) is 64.7 Å². The highest BCUT2D eigenvalue weighted by molar-refractivity contribution is 6.31. The molecule has 3 aromatic rings. The van der Waals surface area contributed by atoms with Crippen molar-refractivity contribution in [2.24, 2.45) is 0 Å². The van der Waals surface area contributed by atoms with Gasteiger partial charge in [0.25, 0.3) is 0 Å². The highest BCUT2D eigenvalue weighted by Crippen LogP contribution is 2.47. The summed E-state index contributed by atoms with van der Waals surface area (Å²) in [4.78, 5) is 31.7. The van der Waals surface area contributed by atoms with E-state index in [0.29, 0.717) is 42.5 Å². The first-order valence-corrected chi connectivity index (χ1v) is 15.2. The van der Waals surface area contributed by atoms with Crippen molar-refractivity contribution in [1.29, 1.82) is 0 Å². The summed E-state index contributed by atoms with van der Waals surface area (Å²) in [6.45, 7) is 2.74. The van der Waals surface area contributed by atoms with Gasteiger partial charge in [0.15, 0.2) is 0 Å². The van der Waals surface area contributed by atoms with Gasteiger partial charge in [-0.2, -0.15) is 0 Å². The van der Waals surface area contributed by atoms with Crippen LogP contribution in [0.1, 0.15) is 35.1 Å². The fourth-order valence-electron chi connectivity index (χ4n) is 6.69. The van der Waals surface area contributed by atoms with Gasteiger partial charge in [0.1, 0.15) is 6.04 Å². The van der Waals surface area contributed by atoms with Crippen LogP contribution in [0.3, 0.4) is 0 Å². The Bertz CT molecular complexity index is 1470. The van der Waals surface area contributed by atoms with Crippen LogP contribution in [0.4, 0.5) is 5.69 Å². The molecular formula is C32H33Cl3N4O2. The number of halogens is 3. The Morgan fingerprint density at radius 1 is 0.951 bits per heavy atom. The van der Waals surface area contributed by atoms with Gasteiger partial charge in [0.05, 0.1) is 6.04 Å². The first-order valence-electron chi connectivity index (χ1n) is 14.1. The number of likely N-dealkylation sites (tertiary alicyclic amines) is 1. The van der Waals surface area contributed by atoms with E-state index in [1.54, 1.807) is 0 Å². The number of benzene rings is 3. The monoisotopic (exact) mass is 610 g/mol. The van der Waals surface area contributed by atoms with Crippen LogP contribution in [-0.2, 0) is 34.4 Å². The van der Waals surface area contributed by atoms with E-state index < -0.39 is 12.1 Å². The van der Waals surface area contributed by atoms with E-state index in [1.165, 1.54) is 11.3 Å². The quantitative estimate of drug-likeness (QED) is 0.406. The van der Waals surface area contributed by atoms with Crippen LogP contribution in [0.15, 0.2) is 60.7 Å². The summed E-state index contributed by atoms with van der Waals surface area (Å²) < 4.78 is 0. The minimum Gasteiger partial charge on any atom is -0.373 e. The Kier molecular flexibility index (Phi) is 7.94. The van der Waals surface area contributed by atoms with Gasteiger partial charge < -0.3 is 20.4 Å². The molecule has 0 unspecified atom stereocenters. The number of fused-ring (bicyclic) bond motifs is 3. The fraction of sp³-hybridized carbons (Fsp3) is 0.375. The summed E-state index contributed by atoms with van der Waals surface area (Å²) >= 11 is 18.7. The van der Waals surface area contributed by atoms with E-state index in [2.05, 4.69) is 34.7 Å². The van der Waals surface area contributed by atoms with E-state index in [0.717, 1.165) is 41.1 Å². The third kappa shape index (κ3) is 5.80. The molecule has 0 bridgehead atoms. The van der Waals surface area contributed by atoms with Crippen LogP contribution in [0.25, 0.3) is 0 Å². The van der Waals surface area contributed by atoms with Crippen LogP contribution in [-0.4, -0.2) is 55.5 Å². The molecule has 1 fully saturated rings. The first kappa shape index (κ1) is 28.4. The number of rotatable bonds is 5. The molecule has 9 heteroatoms. The number of nitrogens with one attached hydrogen (secondary N) is 2. The Morgan fingerprint density at radius 3 is 2.39 bits per heavy atom. The molecule has 3 aliphatic rings. The van der Waals surface area contributed by atoms with Gasteiger partial charge in [-0.05, 0) is 84.0 Å². The molecule has 6 nitrogen and oxygen atoms in total. The Balaban J connectivity index is 1.18. The molecule has 0 aromatic heterocycles. The van der Waals surface area contributed by atoms with Crippen molar-refractivity contribution < 1.29 is 9.59 Å². The van der Waals surface area contributed by atoms with Gasteiger partial charge >= 0.3 is 0 Å². The molecule has 3 aliphatic heterocycles. The summed E-state index contributed by atoms with van der Waals surface area (Å²) in [6, 6.07) is 18.2. The number of carbonyl (C=O) groups excluding carboxylic acids is 2. The van der Waals surface area contributed by atoms with Gasteiger partial charge in [-0.3, -0.25) is 9.59 Å². The molecule has 3 aromatic carbocycles. The Morgan fingerprint density at radius 2 is 1.63 bits per heavy atom. The number of hydrogen-bond acceptors (Lipinski definition) is 4. The van der Waals surface area contributed by atoms with E-state index >= 15 is 0 Å². The maximum atomic E-state index is 14.0. The zero-order valence-corrected chi connectivity index (χ0v) is 25.2. The predicted molar refractivity (Wildman–Crippen MR) is 165 cm³/mol. The first-order chi connectivity index (χ1) is 19.7. The minimum atomic E-state index is -0.687. The molecule has 6 rings (SSSR count). The van der Waals surface area contributed by atoms with Crippen molar-refractivity contribution in [3.8, 4) is 0 Å². The zero-order chi connectivity index (χ0) is 28.7. The maximum Gasteiger partial charge on any atom is 0.245 e. The summed E-state index contributed by atoms with van der Waals surface area (Å²) in [5.41, 5.74) is 5.59. The molecule has 0 aliphatic carbocycles. The van der Waals surface area contributed by atoms with Crippen molar-refractivity contribution in [2.45, 2.75) is 49.7 Å². The Hall–Kier alpha value is -2.77. The van der Waals surface area contributed by atoms with Crippen LogP contribution in [0, 0.1) is 0 Å². The van der Waals surface area contributed by atoms with Gasteiger partial charge in [-0.25, -0.2) is 0 Å². The smallest absolute Gasteiger partial charge is 0.245 e. The number of piperidine rings is 1. The van der Waals surface area contributed by atoms with Gasteiger partial charge in [0.2, 0.25) is 11.8 Å². The normalized spacial score (nSPS) is 20.0. The summed E-state index contributed by atoms with van der Waals surface area (Å²) in [5, 5.41) is 8.45. The number of nitrogens with zero attached hydrogens (tertiary/aromatic N) is 2. The molecular weight excluding hydrogens is 579 g/mol. The lowest BCUT2D eigenvalue weighted by molar-refractivity contribution is -0.138. The van der Waals surface area contributed by atoms with Crippen LogP contribution >= 0.6 is 34.8 Å². The second-order valence-corrected chi connectivity index (χ2v) is 12.9. The molecule has 2 amide bonds. The summed E-state index contributed by atoms with van der Waals surface area (Å²) in [5.74, 6) is -0.238. The van der Waals surface area contributed by atoms with E-state index in [-0.39, 0.29) is 17.2 Å². The van der Waals surface area contributed by atoms with Crippen LogP contribution in [0.5, 0.6) is 0 Å².